The molecule has 0 aliphatic carbocycles. The fraction of sp³-hybridized carbons (Fsp3) is 0.500. The molecule has 5 nitrogen and oxygen atoms in total. The third-order valence-corrected chi connectivity index (χ3v) is 3.37. The van der Waals surface area contributed by atoms with E-state index in [1.165, 1.54) is 0 Å². The van der Waals surface area contributed by atoms with Gasteiger partial charge in [-0.05, 0) is 32.4 Å². The normalized spacial score (nSPS) is 12.2. The van der Waals surface area contributed by atoms with E-state index in [9.17, 15) is 0 Å². The molecule has 2 aromatic rings. The molecule has 2 aromatic heterocycles. The smallest absolute Gasteiger partial charge is 0.135 e. The van der Waals surface area contributed by atoms with Crippen LogP contribution in [0.3, 0.4) is 0 Å². The summed E-state index contributed by atoms with van der Waals surface area (Å²) in [4.78, 5) is 9.18. The molecular weight excluding hydrogens is 264 g/mol. The van der Waals surface area contributed by atoms with Crippen LogP contribution in [0.4, 0.5) is 11.6 Å². The van der Waals surface area contributed by atoms with Crippen molar-refractivity contribution in [2.24, 2.45) is 0 Å². The first kappa shape index (κ1) is 15.4. The molecule has 0 aliphatic heterocycles. The Morgan fingerprint density at radius 2 is 2.00 bits per heavy atom. The van der Waals surface area contributed by atoms with Gasteiger partial charge in [0.1, 0.15) is 23.2 Å². The summed E-state index contributed by atoms with van der Waals surface area (Å²) in [6.45, 7) is 9.21. The van der Waals surface area contributed by atoms with Crippen molar-refractivity contribution in [2.75, 3.05) is 17.2 Å². The van der Waals surface area contributed by atoms with E-state index >= 15 is 0 Å². The standard InChI is InChI=1S/C16H24N4O/c1-5-9-17-15-11(3)16(20-14(6-2)19-15)18-12(4)13-8-7-10-21-13/h7-8,10,12H,5-6,9H2,1-4H3,(H2,17,18,19,20). The van der Waals surface area contributed by atoms with Crippen molar-refractivity contribution >= 4 is 11.6 Å². The largest absolute Gasteiger partial charge is 0.467 e. The molecule has 1 atom stereocenters. The van der Waals surface area contributed by atoms with Gasteiger partial charge < -0.3 is 15.1 Å². The summed E-state index contributed by atoms with van der Waals surface area (Å²) in [6.07, 6.45) is 3.56. The molecule has 5 heteroatoms. The van der Waals surface area contributed by atoms with E-state index in [0.29, 0.717) is 0 Å². The number of aromatic nitrogens is 2. The Morgan fingerprint density at radius 3 is 2.62 bits per heavy atom. The zero-order chi connectivity index (χ0) is 15.2. The van der Waals surface area contributed by atoms with Gasteiger partial charge in [0, 0.05) is 18.5 Å². The van der Waals surface area contributed by atoms with Crippen LogP contribution < -0.4 is 10.6 Å². The maximum Gasteiger partial charge on any atom is 0.135 e. The lowest BCUT2D eigenvalue weighted by Gasteiger charge is -2.17. The third-order valence-electron chi connectivity index (χ3n) is 3.37. The van der Waals surface area contributed by atoms with E-state index in [-0.39, 0.29) is 6.04 Å². The molecule has 21 heavy (non-hydrogen) atoms. The van der Waals surface area contributed by atoms with Gasteiger partial charge in [-0.2, -0.15) is 0 Å². The molecule has 0 fully saturated rings. The Kier molecular flexibility index (Phi) is 5.20. The van der Waals surface area contributed by atoms with Crippen LogP contribution in [0.1, 0.15) is 50.4 Å². The predicted molar refractivity (Wildman–Crippen MR) is 85.7 cm³/mol. The highest BCUT2D eigenvalue weighted by molar-refractivity contribution is 5.57. The van der Waals surface area contributed by atoms with Gasteiger partial charge in [-0.25, -0.2) is 9.97 Å². The summed E-state index contributed by atoms with van der Waals surface area (Å²) in [7, 11) is 0. The maximum atomic E-state index is 5.44. The predicted octanol–water partition coefficient (Wildman–Crippen LogP) is 3.94. The number of hydrogen-bond acceptors (Lipinski definition) is 5. The minimum Gasteiger partial charge on any atom is -0.467 e. The summed E-state index contributed by atoms with van der Waals surface area (Å²) >= 11 is 0. The van der Waals surface area contributed by atoms with E-state index in [1.54, 1.807) is 6.26 Å². The molecule has 114 valence electrons. The Morgan fingerprint density at radius 1 is 1.24 bits per heavy atom. The van der Waals surface area contributed by atoms with Crippen molar-refractivity contribution in [3.05, 3.63) is 35.5 Å². The molecule has 0 aromatic carbocycles. The fourth-order valence-electron chi connectivity index (χ4n) is 2.09. The molecule has 2 N–H and O–H groups in total. The SMILES string of the molecule is CCCNc1nc(CC)nc(NC(C)c2ccco2)c1C. The minimum atomic E-state index is 0.0670. The lowest BCUT2D eigenvalue weighted by Crippen LogP contribution is -2.13. The van der Waals surface area contributed by atoms with Crippen molar-refractivity contribution in [1.29, 1.82) is 0 Å². The van der Waals surface area contributed by atoms with Crippen LogP contribution in [0.15, 0.2) is 22.8 Å². The average Bonchev–Trinajstić information content (AvgIpc) is 3.02. The van der Waals surface area contributed by atoms with Gasteiger partial charge in [-0.3, -0.25) is 0 Å². The van der Waals surface area contributed by atoms with Crippen LogP contribution in [0, 0.1) is 6.92 Å². The van der Waals surface area contributed by atoms with Gasteiger partial charge >= 0.3 is 0 Å². The number of nitrogens with zero attached hydrogens (tertiary/aromatic N) is 2. The Balaban J connectivity index is 2.24. The van der Waals surface area contributed by atoms with E-state index in [0.717, 1.165) is 48.2 Å². The third kappa shape index (κ3) is 3.74. The van der Waals surface area contributed by atoms with E-state index in [2.05, 4.69) is 41.4 Å². The van der Waals surface area contributed by atoms with E-state index in [1.807, 2.05) is 19.1 Å². The van der Waals surface area contributed by atoms with Crippen LogP contribution in [0.5, 0.6) is 0 Å². The summed E-state index contributed by atoms with van der Waals surface area (Å²) in [6, 6.07) is 3.93. The molecule has 0 saturated carbocycles. The van der Waals surface area contributed by atoms with Gasteiger partial charge in [-0.15, -0.1) is 0 Å². The number of anilines is 2. The van der Waals surface area contributed by atoms with Crippen molar-refractivity contribution in [1.82, 2.24) is 9.97 Å². The van der Waals surface area contributed by atoms with E-state index in [4.69, 9.17) is 4.42 Å². The number of furan rings is 1. The molecule has 1 unspecified atom stereocenters. The summed E-state index contributed by atoms with van der Waals surface area (Å²) in [5, 5.41) is 6.79. The van der Waals surface area contributed by atoms with Crippen LogP contribution in [-0.2, 0) is 6.42 Å². The fourth-order valence-corrected chi connectivity index (χ4v) is 2.09. The average molecular weight is 288 g/mol. The van der Waals surface area contributed by atoms with Crippen molar-refractivity contribution in [3.63, 3.8) is 0 Å². The highest BCUT2D eigenvalue weighted by Crippen LogP contribution is 2.25. The zero-order valence-corrected chi connectivity index (χ0v) is 13.2. The summed E-state index contributed by atoms with van der Waals surface area (Å²) in [5.74, 6) is 3.52. The first-order valence-corrected chi connectivity index (χ1v) is 7.57. The van der Waals surface area contributed by atoms with E-state index < -0.39 is 0 Å². The van der Waals surface area contributed by atoms with Gasteiger partial charge in [0.25, 0.3) is 0 Å². The molecule has 0 bridgehead atoms. The number of nitrogens with one attached hydrogen (secondary N) is 2. The monoisotopic (exact) mass is 288 g/mol. The van der Waals surface area contributed by atoms with Gasteiger partial charge in [0.15, 0.2) is 0 Å². The van der Waals surface area contributed by atoms with Crippen LogP contribution in [0.25, 0.3) is 0 Å². The molecule has 2 rings (SSSR count). The summed E-state index contributed by atoms with van der Waals surface area (Å²) < 4.78 is 5.44. The highest BCUT2D eigenvalue weighted by Gasteiger charge is 2.14. The second kappa shape index (κ2) is 7.11. The maximum absolute atomic E-state index is 5.44. The second-order valence-corrected chi connectivity index (χ2v) is 5.12. The molecule has 2 heterocycles. The van der Waals surface area contributed by atoms with Crippen LogP contribution in [0.2, 0.25) is 0 Å². The Hall–Kier alpha value is -2.04. The molecular formula is C16H24N4O. The molecule has 0 radical (unpaired) electrons. The molecule has 0 spiro atoms. The number of hydrogen-bond donors (Lipinski definition) is 2. The second-order valence-electron chi connectivity index (χ2n) is 5.12. The molecule has 0 saturated heterocycles. The Labute approximate surface area is 126 Å². The quantitative estimate of drug-likeness (QED) is 0.808. The van der Waals surface area contributed by atoms with Crippen molar-refractivity contribution in [3.8, 4) is 0 Å². The van der Waals surface area contributed by atoms with Crippen LogP contribution in [-0.4, -0.2) is 16.5 Å². The van der Waals surface area contributed by atoms with Crippen LogP contribution >= 0.6 is 0 Å². The van der Waals surface area contributed by atoms with Crippen molar-refractivity contribution in [2.45, 2.75) is 46.6 Å². The minimum absolute atomic E-state index is 0.0670. The highest BCUT2D eigenvalue weighted by atomic mass is 16.3. The van der Waals surface area contributed by atoms with Gasteiger partial charge in [0.05, 0.1) is 12.3 Å². The van der Waals surface area contributed by atoms with Gasteiger partial charge in [0.2, 0.25) is 0 Å². The molecule has 0 aliphatic rings. The zero-order valence-electron chi connectivity index (χ0n) is 13.2. The first-order valence-electron chi connectivity index (χ1n) is 7.57. The lowest BCUT2D eigenvalue weighted by atomic mass is 10.2. The molecule has 0 amide bonds. The van der Waals surface area contributed by atoms with Gasteiger partial charge in [-0.1, -0.05) is 13.8 Å². The summed E-state index contributed by atoms with van der Waals surface area (Å²) in [5.41, 5.74) is 1.04. The van der Waals surface area contributed by atoms with Crippen molar-refractivity contribution < 1.29 is 4.42 Å². The number of aryl methyl sites for hydroxylation is 1. The Bertz CT molecular complexity index is 566. The first-order chi connectivity index (χ1) is 10.2. The number of rotatable bonds is 7. The topological polar surface area (TPSA) is 63.0 Å². The lowest BCUT2D eigenvalue weighted by molar-refractivity contribution is 0.490.